The summed E-state index contributed by atoms with van der Waals surface area (Å²) in [7, 11) is 0. The number of hydrogen-bond donors (Lipinski definition) is 1. The van der Waals surface area contributed by atoms with E-state index in [1.54, 1.807) is 0 Å². The summed E-state index contributed by atoms with van der Waals surface area (Å²) in [6, 6.07) is 13.1. The molecule has 0 saturated carbocycles. The van der Waals surface area contributed by atoms with Gasteiger partial charge in [-0.3, -0.25) is 9.20 Å². The van der Waals surface area contributed by atoms with Crippen LogP contribution in [0, 0.1) is 0 Å². The zero-order valence-corrected chi connectivity index (χ0v) is 15.9. The SMILES string of the molecule is CCOc1ccc(-c2noc(CCC(=O)NCc3nnc4ccccn34)n2)cc1. The summed E-state index contributed by atoms with van der Waals surface area (Å²) in [4.78, 5) is 16.5. The molecular formula is C20H20N6O3. The highest BCUT2D eigenvalue weighted by molar-refractivity contribution is 5.76. The molecule has 29 heavy (non-hydrogen) atoms. The molecule has 3 aromatic heterocycles. The minimum atomic E-state index is -0.126. The molecule has 0 radical (unpaired) electrons. The normalized spacial score (nSPS) is 10.9. The maximum Gasteiger partial charge on any atom is 0.227 e. The fourth-order valence-corrected chi connectivity index (χ4v) is 2.84. The van der Waals surface area contributed by atoms with E-state index in [-0.39, 0.29) is 12.3 Å². The van der Waals surface area contributed by atoms with Crippen LogP contribution in [-0.2, 0) is 17.8 Å². The van der Waals surface area contributed by atoms with Crippen LogP contribution in [0.5, 0.6) is 5.75 Å². The first-order valence-electron chi connectivity index (χ1n) is 9.34. The molecule has 1 amide bonds. The van der Waals surface area contributed by atoms with E-state index in [2.05, 4.69) is 25.7 Å². The Morgan fingerprint density at radius 2 is 2.03 bits per heavy atom. The maximum atomic E-state index is 12.2. The molecule has 4 aromatic rings. The highest BCUT2D eigenvalue weighted by Gasteiger charge is 2.12. The number of rotatable bonds is 8. The van der Waals surface area contributed by atoms with Gasteiger partial charge >= 0.3 is 0 Å². The molecule has 9 nitrogen and oxygen atoms in total. The number of ether oxygens (including phenoxy) is 1. The molecule has 148 valence electrons. The molecule has 0 aliphatic carbocycles. The zero-order valence-electron chi connectivity index (χ0n) is 15.9. The van der Waals surface area contributed by atoms with Gasteiger partial charge in [0.25, 0.3) is 0 Å². The van der Waals surface area contributed by atoms with Gasteiger partial charge in [-0.25, -0.2) is 0 Å². The first kappa shape index (κ1) is 18.6. The number of nitrogens with zero attached hydrogens (tertiary/aromatic N) is 5. The van der Waals surface area contributed by atoms with Crippen LogP contribution in [0.25, 0.3) is 17.0 Å². The minimum absolute atomic E-state index is 0.126. The van der Waals surface area contributed by atoms with Crippen molar-refractivity contribution in [3.63, 3.8) is 0 Å². The van der Waals surface area contributed by atoms with Crippen LogP contribution in [0.15, 0.2) is 53.2 Å². The molecule has 4 rings (SSSR count). The Morgan fingerprint density at radius 3 is 2.86 bits per heavy atom. The highest BCUT2D eigenvalue weighted by atomic mass is 16.5. The van der Waals surface area contributed by atoms with Crippen molar-refractivity contribution in [2.45, 2.75) is 26.3 Å². The molecule has 0 bridgehead atoms. The van der Waals surface area contributed by atoms with Crippen LogP contribution in [0.2, 0.25) is 0 Å². The number of aryl methyl sites for hydroxylation is 1. The molecule has 0 atom stereocenters. The summed E-state index contributed by atoms with van der Waals surface area (Å²) in [5, 5.41) is 15.0. The van der Waals surface area contributed by atoms with E-state index in [4.69, 9.17) is 9.26 Å². The number of nitrogens with one attached hydrogen (secondary N) is 1. The topological polar surface area (TPSA) is 107 Å². The molecule has 1 N–H and O–H groups in total. The number of fused-ring (bicyclic) bond motifs is 1. The second kappa shape index (κ2) is 8.51. The van der Waals surface area contributed by atoms with Gasteiger partial charge in [-0.05, 0) is 43.3 Å². The lowest BCUT2D eigenvalue weighted by Crippen LogP contribution is -2.24. The van der Waals surface area contributed by atoms with Gasteiger partial charge in [-0.1, -0.05) is 11.2 Å². The summed E-state index contributed by atoms with van der Waals surface area (Å²) in [5.74, 6) is 2.23. The van der Waals surface area contributed by atoms with Gasteiger partial charge < -0.3 is 14.6 Å². The lowest BCUT2D eigenvalue weighted by molar-refractivity contribution is -0.121. The predicted octanol–water partition coefficient (Wildman–Crippen LogP) is 2.43. The second-order valence-electron chi connectivity index (χ2n) is 6.29. The van der Waals surface area contributed by atoms with Crippen molar-refractivity contribution in [1.82, 2.24) is 30.1 Å². The molecule has 0 aliphatic heterocycles. The Kier molecular flexibility index (Phi) is 5.46. The monoisotopic (exact) mass is 392 g/mol. The van der Waals surface area contributed by atoms with Gasteiger partial charge in [0.15, 0.2) is 11.5 Å². The fraction of sp³-hybridized carbons (Fsp3) is 0.250. The standard InChI is InChI=1S/C20H20N6O3/c1-2-28-15-8-6-14(7-9-15)20-22-19(29-25-20)11-10-18(27)21-13-17-24-23-16-5-3-4-12-26(16)17/h3-9,12H,2,10-11,13H2,1H3,(H,21,27). The zero-order chi connectivity index (χ0) is 20.1. The molecule has 3 heterocycles. The third-order valence-corrected chi connectivity index (χ3v) is 4.29. The molecule has 1 aromatic carbocycles. The number of benzene rings is 1. The van der Waals surface area contributed by atoms with Gasteiger partial charge in [0.1, 0.15) is 5.75 Å². The van der Waals surface area contributed by atoms with E-state index in [0.29, 0.717) is 37.1 Å². The number of aromatic nitrogens is 5. The smallest absolute Gasteiger partial charge is 0.227 e. The average molecular weight is 392 g/mol. The van der Waals surface area contributed by atoms with Gasteiger partial charge in [-0.15, -0.1) is 10.2 Å². The van der Waals surface area contributed by atoms with E-state index in [9.17, 15) is 4.79 Å². The van der Waals surface area contributed by atoms with Crippen LogP contribution in [0.3, 0.4) is 0 Å². The Morgan fingerprint density at radius 1 is 1.17 bits per heavy atom. The van der Waals surface area contributed by atoms with Crippen LogP contribution in [0.4, 0.5) is 0 Å². The molecule has 9 heteroatoms. The summed E-state index contributed by atoms with van der Waals surface area (Å²) >= 11 is 0. The quantitative estimate of drug-likeness (QED) is 0.491. The van der Waals surface area contributed by atoms with Crippen molar-refractivity contribution in [3.05, 3.63) is 60.4 Å². The summed E-state index contributed by atoms with van der Waals surface area (Å²) in [6.07, 6.45) is 2.45. The van der Waals surface area contributed by atoms with Gasteiger partial charge in [0.05, 0.1) is 13.2 Å². The Bertz CT molecular complexity index is 1100. The molecule has 0 spiro atoms. The van der Waals surface area contributed by atoms with Crippen molar-refractivity contribution < 1.29 is 14.1 Å². The first-order chi connectivity index (χ1) is 14.2. The van der Waals surface area contributed by atoms with Crippen LogP contribution < -0.4 is 10.1 Å². The molecule has 0 fully saturated rings. The minimum Gasteiger partial charge on any atom is -0.494 e. The third kappa shape index (κ3) is 4.40. The van der Waals surface area contributed by atoms with Crippen molar-refractivity contribution in [1.29, 1.82) is 0 Å². The van der Waals surface area contributed by atoms with E-state index in [1.165, 1.54) is 0 Å². The largest absolute Gasteiger partial charge is 0.494 e. The highest BCUT2D eigenvalue weighted by Crippen LogP contribution is 2.20. The molecule has 0 saturated heterocycles. The van der Waals surface area contributed by atoms with Gasteiger partial charge in [0.2, 0.25) is 17.6 Å². The van der Waals surface area contributed by atoms with Crippen molar-refractivity contribution in [2.75, 3.05) is 6.61 Å². The first-order valence-corrected chi connectivity index (χ1v) is 9.34. The van der Waals surface area contributed by atoms with Crippen LogP contribution >= 0.6 is 0 Å². The Hall–Kier alpha value is -3.75. The van der Waals surface area contributed by atoms with Crippen molar-refractivity contribution >= 4 is 11.6 Å². The summed E-state index contributed by atoms with van der Waals surface area (Å²) in [5.41, 5.74) is 1.57. The van der Waals surface area contributed by atoms with Gasteiger partial charge in [-0.2, -0.15) is 4.98 Å². The van der Waals surface area contributed by atoms with Crippen LogP contribution in [-0.4, -0.2) is 37.3 Å². The van der Waals surface area contributed by atoms with E-state index in [1.807, 2.05) is 60.0 Å². The predicted molar refractivity (Wildman–Crippen MR) is 104 cm³/mol. The number of pyridine rings is 1. The number of carbonyl (C=O) groups excluding carboxylic acids is 1. The maximum absolute atomic E-state index is 12.2. The van der Waals surface area contributed by atoms with E-state index < -0.39 is 0 Å². The van der Waals surface area contributed by atoms with E-state index >= 15 is 0 Å². The van der Waals surface area contributed by atoms with Crippen LogP contribution in [0.1, 0.15) is 25.1 Å². The lowest BCUT2D eigenvalue weighted by Gasteiger charge is -2.03. The van der Waals surface area contributed by atoms with Gasteiger partial charge in [0, 0.05) is 24.6 Å². The lowest BCUT2D eigenvalue weighted by atomic mass is 10.2. The summed E-state index contributed by atoms with van der Waals surface area (Å²) in [6.45, 7) is 2.84. The van der Waals surface area contributed by atoms with E-state index in [0.717, 1.165) is 17.0 Å². The number of carbonyl (C=O) groups is 1. The molecule has 0 unspecified atom stereocenters. The fourth-order valence-electron chi connectivity index (χ4n) is 2.84. The molecule has 0 aliphatic rings. The molecular weight excluding hydrogens is 372 g/mol. The summed E-state index contributed by atoms with van der Waals surface area (Å²) < 4.78 is 12.5. The third-order valence-electron chi connectivity index (χ3n) is 4.29. The Labute approximate surface area is 166 Å². The second-order valence-corrected chi connectivity index (χ2v) is 6.29. The number of amides is 1. The average Bonchev–Trinajstić information content (AvgIpc) is 3.39. The van der Waals surface area contributed by atoms with Crippen molar-refractivity contribution in [3.8, 4) is 17.1 Å². The Balaban J connectivity index is 1.29. The van der Waals surface area contributed by atoms with Crippen molar-refractivity contribution in [2.24, 2.45) is 0 Å². The number of hydrogen-bond acceptors (Lipinski definition) is 7.